The molecule has 6 nitrogen and oxygen atoms in total. The van der Waals surface area contributed by atoms with E-state index in [1.807, 2.05) is 23.9 Å². The van der Waals surface area contributed by atoms with E-state index in [0.29, 0.717) is 11.4 Å². The minimum absolute atomic E-state index is 0.152. The molecule has 2 aliphatic heterocycles. The summed E-state index contributed by atoms with van der Waals surface area (Å²) < 4.78 is 0. The van der Waals surface area contributed by atoms with E-state index in [1.165, 1.54) is 10.1 Å². The van der Waals surface area contributed by atoms with Crippen molar-refractivity contribution in [3.63, 3.8) is 0 Å². The van der Waals surface area contributed by atoms with Crippen LogP contribution < -0.4 is 0 Å². The quantitative estimate of drug-likeness (QED) is 0.637. The average molecular weight is 431 g/mol. The molecule has 2 fully saturated rings. The van der Waals surface area contributed by atoms with Gasteiger partial charge in [0.25, 0.3) is 0 Å². The molecule has 0 saturated carbocycles. The summed E-state index contributed by atoms with van der Waals surface area (Å²) in [5.41, 5.74) is 1.19. The Morgan fingerprint density at radius 1 is 1.03 bits per heavy atom. The number of carbonyl (C=O) groups is 1. The van der Waals surface area contributed by atoms with Gasteiger partial charge in [0.15, 0.2) is 0 Å². The zero-order valence-electron chi connectivity index (χ0n) is 16.7. The average Bonchev–Trinajstić information content (AvgIpc) is 3.37. The summed E-state index contributed by atoms with van der Waals surface area (Å²) in [4.78, 5) is 25.0. The molecule has 0 radical (unpaired) electrons. The number of aromatic carboxylic acids is 1. The number of benzene rings is 1. The second-order valence-electron chi connectivity index (χ2n) is 6.43. The van der Waals surface area contributed by atoms with Crippen LogP contribution in [0.1, 0.15) is 24.2 Å². The van der Waals surface area contributed by atoms with Crippen LogP contribution >= 0.6 is 23.5 Å². The summed E-state index contributed by atoms with van der Waals surface area (Å²) in [6, 6.07) is 5.07. The van der Waals surface area contributed by atoms with E-state index in [1.54, 1.807) is 42.4 Å². The van der Waals surface area contributed by atoms with Crippen LogP contribution in [-0.4, -0.2) is 71.0 Å². The second-order valence-corrected chi connectivity index (χ2v) is 8.66. The molecule has 2 heterocycles. The summed E-state index contributed by atoms with van der Waals surface area (Å²) in [5, 5.41) is 11.9. The fraction of sp³-hybridized carbons (Fsp3) is 0.381. The Bertz CT molecular complexity index is 864. The Balaban J connectivity index is 1.74. The molecule has 0 unspecified atom stereocenters. The third kappa shape index (κ3) is 5.67. The SMILES string of the molecule is CCN1CCS/C1=C\C=Nc1ccc(N=C/C=C2/SCCN2CC)c(C(=O)O)c1. The third-order valence-corrected chi connectivity index (χ3v) is 6.84. The summed E-state index contributed by atoms with van der Waals surface area (Å²) in [5.74, 6) is 1.16. The van der Waals surface area contributed by atoms with Crippen molar-refractivity contribution in [3.05, 3.63) is 46.0 Å². The predicted molar refractivity (Wildman–Crippen MR) is 125 cm³/mol. The van der Waals surface area contributed by atoms with E-state index in [9.17, 15) is 9.90 Å². The highest BCUT2D eigenvalue weighted by Crippen LogP contribution is 2.29. The van der Waals surface area contributed by atoms with Crippen LogP contribution in [-0.2, 0) is 0 Å². The van der Waals surface area contributed by atoms with E-state index >= 15 is 0 Å². The van der Waals surface area contributed by atoms with Crippen molar-refractivity contribution in [1.82, 2.24) is 9.80 Å². The smallest absolute Gasteiger partial charge is 0.337 e. The molecule has 0 bridgehead atoms. The number of thioether (sulfide) groups is 2. The molecule has 0 aromatic heterocycles. The lowest BCUT2D eigenvalue weighted by atomic mass is 10.1. The maximum atomic E-state index is 11.7. The van der Waals surface area contributed by atoms with E-state index in [-0.39, 0.29) is 5.56 Å². The van der Waals surface area contributed by atoms with Crippen LogP contribution in [0.3, 0.4) is 0 Å². The molecule has 0 spiro atoms. The first-order valence-corrected chi connectivity index (χ1v) is 11.7. The van der Waals surface area contributed by atoms with Crippen molar-refractivity contribution in [2.24, 2.45) is 9.98 Å². The Hall–Kier alpha value is -2.19. The number of hydrogen-bond donors (Lipinski definition) is 1. The van der Waals surface area contributed by atoms with Gasteiger partial charge in [-0.25, -0.2) is 4.79 Å². The summed E-state index contributed by atoms with van der Waals surface area (Å²) >= 11 is 3.61. The zero-order valence-corrected chi connectivity index (χ0v) is 18.4. The number of rotatable bonds is 7. The van der Waals surface area contributed by atoms with Crippen molar-refractivity contribution in [3.8, 4) is 0 Å². The molecule has 1 N–H and O–H groups in total. The molecule has 8 heteroatoms. The lowest BCUT2D eigenvalue weighted by Gasteiger charge is -2.14. The maximum absolute atomic E-state index is 11.7. The standard InChI is InChI=1S/C21H26N4O2S2/c1-3-24-11-13-28-19(24)7-9-22-16-5-6-18(17(15-16)21(26)27)23-10-8-20-25(4-2)12-14-29-20/h5-10,15H,3-4,11-14H2,1-2H3,(H,26,27)/b19-7-,20-8+,22-9?,23-10?. The first-order chi connectivity index (χ1) is 14.1. The van der Waals surface area contributed by atoms with Gasteiger partial charge in [0.05, 0.1) is 27.0 Å². The number of aliphatic imine (C=N–C) groups is 2. The molecule has 29 heavy (non-hydrogen) atoms. The van der Waals surface area contributed by atoms with Gasteiger partial charge in [0, 0.05) is 50.1 Å². The van der Waals surface area contributed by atoms with Crippen LogP contribution in [0, 0.1) is 0 Å². The first-order valence-electron chi connectivity index (χ1n) is 9.74. The summed E-state index contributed by atoms with van der Waals surface area (Å²) in [6.07, 6.45) is 7.35. The van der Waals surface area contributed by atoms with Crippen molar-refractivity contribution < 1.29 is 9.90 Å². The molecule has 2 saturated heterocycles. The number of nitrogens with zero attached hydrogens (tertiary/aromatic N) is 4. The maximum Gasteiger partial charge on any atom is 0.337 e. The topological polar surface area (TPSA) is 68.5 Å². The van der Waals surface area contributed by atoms with Gasteiger partial charge in [-0.1, -0.05) is 0 Å². The number of carboxylic acid groups (broad SMARTS) is 1. The molecule has 1 aromatic rings. The minimum atomic E-state index is -1.01. The van der Waals surface area contributed by atoms with Crippen molar-refractivity contribution in [2.45, 2.75) is 13.8 Å². The van der Waals surface area contributed by atoms with Crippen molar-refractivity contribution in [2.75, 3.05) is 37.7 Å². The lowest BCUT2D eigenvalue weighted by molar-refractivity contribution is 0.0698. The largest absolute Gasteiger partial charge is 0.478 e. The molecule has 1 aromatic carbocycles. The molecule has 154 valence electrons. The fourth-order valence-electron chi connectivity index (χ4n) is 3.12. The minimum Gasteiger partial charge on any atom is -0.478 e. The summed E-state index contributed by atoms with van der Waals surface area (Å²) in [7, 11) is 0. The first kappa shape index (κ1) is 21.5. The van der Waals surface area contributed by atoms with Gasteiger partial charge in [0.2, 0.25) is 0 Å². The Kier molecular flexibility index (Phi) is 7.83. The van der Waals surface area contributed by atoms with Crippen LogP contribution in [0.2, 0.25) is 0 Å². The molecular formula is C21H26N4O2S2. The van der Waals surface area contributed by atoms with Crippen molar-refractivity contribution in [1.29, 1.82) is 0 Å². The normalized spacial score (nSPS) is 20.2. The predicted octanol–water partition coefficient (Wildman–Crippen LogP) is 4.61. The Labute approximate surface area is 180 Å². The van der Waals surface area contributed by atoms with Gasteiger partial charge < -0.3 is 14.9 Å². The molecule has 0 amide bonds. The van der Waals surface area contributed by atoms with E-state index in [2.05, 4.69) is 33.6 Å². The van der Waals surface area contributed by atoms with Gasteiger partial charge in [-0.2, -0.15) is 0 Å². The molecule has 3 rings (SSSR count). The van der Waals surface area contributed by atoms with Crippen LogP contribution in [0.5, 0.6) is 0 Å². The Morgan fingerprint density at radius 2 is 1.62 bits per heavy atom. The second kappa shape index (κ2) is 10.5. The highest BCUT2D eigenvalue weighted by molar-refractivity contribution is 8.03. The van der Waals surface area contributed by atoms with Crippen molar-refractivity contribution >= 4 is 53.3 Å². The third-order valence-electron chi connectivity index (χ3n) is 4.69. The fourth-order valence-corrected chi connectivity index (χ4v) is 5.28. The van der Waals surface area contributed by atoms with E-state index < -0.39 is 5.97 Å². The van der Waals surface area contributed by atoms with Crippen LogP contribution in [0.15, 0.2) is 50.4 Å². The Morgan fingerprint density at radius 3 is 2.17 bits per heavy atom. The van der Waals surface area contributed by atoms with Gasteiger partial charge in [-0.05, 0) is 44.2 Å². The number of carboxylic acids is 1. The molecular weight excluding hydrogens is 404 g/mol. The van der Waals surface area contributed by atoms with Crippen LogP contribution in [0.4, 0.5) is 11.4 Å². The monoisotopic (exact) mass is 430 g/mol. The zero-order chi connectivity index (χ0) is 20.6. The summed E-state index contributed by atoms with van der Waals surface area (Å²) in [6.45, 7) is 8.30. The highest BCUT2D eigenvalue weighted by atomic mass is 32.2. The van der Waals surface area contributed by atoms with Gasteiger partial charge in [-0.3, -0.25) is 9.98 Å². The van der Waals surface area contributed by atoms with E-state index in [0.717, 1.165) is 37.7 Å². The van der Waals surface area contributed by atoms with Crippen LogP contribution in [0.25, 0.3) is 0 Å². The number of hydrogen-bond acceptors (Lipinski definition) is 7. The van der Waals surface area contributed by atoms with Gasteiger partial charge in [0.1, 0.15) is 0 Å². The molecule has 2 aliphatic rings. The molecule has 0 atom stereocenters. The van der Waals surface area contributed by atoms with Gasteiger partial charge in [-0.15, -0.1) is 23.5 Å². The van der Waals surface area contributed by atoms with E-state index in [4.69, 9.17) is 0 Å². The number of allylic oxidation sites excluding steroid dienone is 2. The highest BCUT2D eigenvalue weighted by Gasteiger charge is 2.15. The lowest BCUT2D eigenvalue weighted by Crippen LogP contribution is -2.17. The van der Waals surface area contributed by atoms with Gasteiger partial charge >= 0.3 is 5.97 Å². The molecule has 0 aliphatic carbocycles.